The Morgan fingerprint density at radius 3 is 2.41 bits per heavy atom. The van der Waals surface area contributed by atoms with Crippen molar-refractivity contribution in [2.75, 3.05) is 5.75 Å². The minimum Gasteiger partial charge on any atom is -0.345 e. The van der Waals surface area contributed by atoms with Gasteiger partial charge in [0, 0.05) is 5.56 Å². The van der Waals surface area contributed by atoms with Crippen LogP contribution in [0, 0.1) is 0 Å². The Bertz CT molecular complexity index is 897. The summed E-state index contributed by atoms with van der Waals surface area (Å²) in [6, 6.07) is 18.7. The van der Waals surface area contributed by atoms with E-state index in [4.69, 9.17) is 0 Å². The molecule has 1 amide bonds. The summed E-state index contributed by atoms with van der Waals surface area (Å²) in [5.41, 5.74) is 1.94. The highest BCUT2D eigenvalue weighted by Gasteiger charge is 2.18. The molecule has 0 aliphatic carbocycles. The number of thioether (sulfide) groups is 1. The molecule has 1 aromatic heterocycles. The maximum Gasteiger partial charge on any atom is 0.231 e. The van der Waals surface area contributed by atoms with E-state index < -0.39 is 6.04 Å². The third kappa shape index (κ3) is 5.52. The summed E-state index contributed by atoms with van der Waals surface area (Å²) < 4.78 is 0. The number of ketones is 1. The number of nitrogens with one attached hydrogen (secondary N) is 2. The van der Waals surface area contributed by atoms with E-state index in [1.807, 2.05) is 60.7 Å². The van der Waals surface area contributed by atoms with Gasteiger partial charge in [-0.2, -0.15) is 0 Å². The second kappa shape index (κ2) is 9.14. The van der Waals surface area contributed by atoms with Crippen LogP contribution >= 0.6 is 11.8 Å². The van der Waals surface area contributed by atoms with Gasteiger partial charge in [0.2, 0.25) is 11.1 Å². The Morgan fingerprint density at radius 1 is 1.07 bits per heavy atom. The summed E-state index contributed by atoms with van der Waals surface area (Å²) >= 11 is 1.23. The first-order valence-electron chi connectivity index (χ1n) is 8.56. The molecule has 3 aromatic rings. The average molecular weight is 380 g/mol. The largest absolute Gasteiger partial charge is 0.345 e. The maximum absolute atomic E-state index is 12.2. The van der Waals surface area contributed by atoms with Gasteiger partial charge in [-0.05, 0) is 18.9 Å². The first kappa shape index (κ1) is 18.8. The molecule has 1 atom stereocenters. The summed E-state index contributed by atoms with van der Waals surface area (Å²) in [6.45, 7) is 1.49. The lowest BCUT2D eigenvalue weighted by Crippen LogP contribution is -2.42. The van der Waals surface area contributed by atoms with E-state index in [1.54, 1.807) is 0 Å². The molecule has 0 saturated carbocycles. The molecule has 2 N–H and O–H groups in total. The van der Waals surface area contributed by atoms with E-state index in [0.29, 0.717) is 17.4 Å². The number of aromatic nitrogens is 3. The number of aromatic amines is 1. The van der Waals surface area contributed by atoms with Crippen LogP contribution in [0.2, 0.25) is 0 Å². The molecular formula is C20H20N4O2S. The lowest BCUT2D eigenvalue weighted by molar-refractivity contribution is -0.125. The highest BCUT2D eigenvalue weighted by molar-refractivity contribution is 7.99. The molecule has 0 bridgehead atoms. The van der Waals surface area contributed by atoms with Crippen molar-refractivity contribution < 1.29 is 9.59 Å². The van der Waals surface area contributed by atoms with Gasteiger partial charge in [-0.15, -0.1) is 5.10 Å². The van der Waals surface area contributed by atoms with E-state index >= 15 is 0 Å². The number of nitrogens with zero attached hydrogens (tertiary/aromatic N) is 2. The maximum atomic E-state index is 12.2. The zero-order chi connectivity index (χ0) is 19.1. The monoisotopic (exact) mass is 380 g/mol. The smallest absolute Gasteiger partial charge is 0.231 e. The van der Waals surface area contributed by atoms with Crippen molar-refractivity contribution in [2.45, 2.75) is 24.5 Å². The Hall–Kier alpha value is -2.93. The Morgan fingerprint density at radius 2 is 1.74 bits per heavy atom. The van der Waals surface area contributed by atoms with Crippen LogP contribution in [0.25, 0.3) is 11.4 Å². The van der Waals surface area contributed by atoms with Gasteiger partial charge in [0.1, 0.15) is 0 Å². The van der Waals surface area contributed by atoms with E-state index in [0.717, 1.165) is 11.1 Å². The van der Waals surface area contributed by atoms with Crippen LogP contribution in [0.1, 0.15) is 12.5 Å². The average Bonchev–Trinajstić information content (AvgIpc) is 3.16. The fraction of sp³-hybridized carbons (Fsp3) is 0.200. The van der Waals surface area contributed by atoms with Crippen LogP contribution < -0.4 is 5.32 Å². The van der Waals surface area contributed by atoms with Crippen LogP contribution in [0.3, 0.4) is 0 Å². The Kier molecular flexibility index (Phi) is 6.38. The second-order valence-corrected chi connectivity index (χ2v) is 6.98. The third-order valence-corrected chi connectivity index (χ3v) is 4.80. The zero-order valence-electron chi connectivity index (χ0n) is 14.9. The molecule has 0 saturated heterocycles. The summed E-state index contributed by atoms with van der Waals surface area (Å²) in [5.74, 6) is 0.512. The molecular weight excluding hydrogens is 360 g/mol. The Labute approximate surface area is 161 Å². The lowest BCUT2D eigenvalue weighted by Gasteiger charge is -2.15. The van der Waals surface area contributed by atoms with E-state index in [9.17, 15) is 9.59 Å². The third-order valence-electron chi connectivity index (χ3n) is 3.95. The molecule has 1 heterocycles. The fourth-order valence-corrected chi connectivity index (χ4v) is 3.16. The Balaban J connectivity index is 1.54. The lowest BCUT2D eigenvalue weighted by atomic mass is 10.0. The molecule has 0 aliphatic heterocycles. The van der Waals surface area contributed by atoms with Crippen molar-refractivity contribution in [2.24, 2.45) is 0 Å². The quantitative estimate of drug-likeness (QED) is 0.587. The van der Waals surface area contributed by atoms with Crippen molar-refractivity contribution in [3.63, 3.8) is 0 Å². The number of carbonyl (C=O) groups excluding carboxylic acids is 2. The summed E-state index contributed by atoms with van der Waals surface area (Å²) in [7, 11) is 0. The van der Waals surface area contributed by atoms with Crippen LogP contribution in [0.15, 0.2) is 65.8 Å². The molecule has 3 rings (SSSR count). The van der Waals surface area contributed by atoms with Crippen molar-refractivity contribution >= 4 is 23.5 Å². The molecule has 2 aromatic carbocycles. The standard InChI is InChI=1S/C20H20N4O2S/c1-14(25)17(12-15-8-4-2-5-9-15)21-18(26)13-27-20-22-19(23-24-20)16-10-6-3-7-11-16/h2-11,17H,12-13H2,1H3,(H,21,26)(H,22,23,24). The van der Waals surface area contributed by atoms with Gasteiger partial charge in [-0.25, -0.2) is 4.98 Å². The molecule has 27 heavy (non-hydrogen) atoms. The predicted molar refractivity (Wildman–Crippen MR) is 105 cm³/mol. The van der Waals surface area contributed by atoms with Gasteiger partial charge in [0.25, 0.3) is 0 Å². The van der Waals surface area contributed by atoms with Gasteiger partial charge in [0.15, 0.2) is 11.6 Å². The predicted octanol–water partition coefficient (Wildman–Crippen LogP) is 2.88. The topological polar surface area (TPSA) is 87.7 Å². The van der Waals surface area contributed by atoms with Gasteiger partial charge < -0.3 is 5.32 Å². The number of hydrogen-bond donors (Lipinski definition) is 2. The van der Waals surface area contributed by atoms with Crippen LogP contribution in [0.4, 0.5) is 0 Å². The minimum atomic E-state index is -0.535. The summed E-state index contributed by atoms with van der Waals surface area (Å²) in [5, 5.41) is 10.3. The van der Waals surface area contributed by atoms with E-state index in [1.165, 1.54) is 18.7 Å². The first-order chi connectivity index (χ1) is 13.1. The second-order valence-electron chi connectivity index (χ2n) is 6.04. The van der Waals surface area contributed by atoms with Crippen molar-refractivity contribution in [3.8, 4) is 11.4 Å². The van der Waals surface area contributed by atoms with Crippen molar-refractivity contribution in [1.29, 1.82) is 0 Å². The van der Waals surface area contributed by atoms with Crippen molar-refractivity contribution in [3.05, 3.63) is 66.2 Å². The first-order valence-corrected chi connectivity index (χ1v) is 9.55. The normalized spacial score (nSPS) is 11.7. The van der Waals surface area contributed by atoms with Crippen molar-refractivity contribution in [1.82, 2.24) is 20.5 Å². The highest BCUT2D eigenvalue weighted by Crippen LogP contribution is 2.18. The molecule has 1 unspecified atom stereocenters. The summed E-state index contributed by atoms with van der Waals surface area (Å²) in [4.78, 5) is 28.5. The van der Waals surface area contributed by atoms with Crippen LogP contribution in [-0.4, -0.2) is 38.7 Å². The highest BCUT2D eigenvalue weighted by atomic mass is 32.2. The number of hydrogen-bond acceptors (Lipinski definition) is 5. The number of benzene rings is 2. The van der Waals surface area contributed by atoms with Crippen LogP contribution in [0.5, 0.6) is 0 Å². The molecule has 6 nitrogen and oxygen atoms in total. The molecule has 0 aliphatic rings. The fourth-order valence-electron chi connectivity index (χ4n) is 2.55. The van der Waals surface area contributed by atoms with Gasteiger partial charge in [-0.3, -0.25) is 14.7 Å². The van der Waals surface area contributed by atoms with Gasteiger partial charge in [-0.1, -0.05) is 72.4 Å². The van der Waals surface area contributed by atoms with E-state index in [2.05, 4.69) is 20.5 Å². The minimum absolute atomic E-state index is 0.0681. The van der Waals surface area contributed by atoms with Gasteiger partial charge >= 0.3 is 0 Å². The van der Waals surface area contributed by atoms with Crippen LogP contribution in [-0.2, 0) is 16.0 Å². The number of carbonyl (C=O) groups is 2. The van der Waals surface area contributed by atoms with Gasteiger partial charge in [0.05, 0.1) is 11.8 Å². The zero-order valence-corrected chi connectivity index (χ0v) is 15.7. The SMILES string of the molecule is CC(=O)C(Cc1ccccc1)NC(=O)CSc1n[nH]c(-c2ccccc2)n1. The summed E-state index contributed by atoms with van der Waals surface area (Å²) in [6.07, 6.45) is 0.478. The van der Waals surface area contributed by atoms with E-state index in [-0.39, 0.29) is 17.4 Å². The molecule has 138 valence electrons. The molecule has 7 heteroatoms. The number of Topliss-reactive ketones (excluding diaryl/α,β-unsaturated/α-hetero) is 1. The molecule has 0 radical (unpaired) electrons. The molecule has 0 fully saturated rings. The number of H-pyrrole nitrogens is 1. The number of rotatable bonds is 8. The number of amides is 1. The molecule has 0 spiro atoms.